The van der Waals surface area contributed by atoms with Gasteiger partial charge in [-0.05, 0) is 32.9 Å². The van der Waals surface area contributed by atoms with Gasteiger partial charge in [-0.25, -0.2) is 0 Å². The Hall–Kier alpha value is -0.390. The molecule has 0 aliphatic carbocycles. The molecule has 1 atom stereocenters. The van der Waals surface area contributed by atoms with E-state index >= 15 is 0 Å². The van der Waals surface area contributed by atoms with Gasteiger partial charge < -0.3 is 0 Å². The summed E-state index contributed by atoms with van der Waals surface area (Å²) in [6.45, 7) is 6.00. The molecule has 0 saturated heterocycles. The fraction of sp³-hybridized carbons (Fsp3) is 0.429. The van der Waals surface area contributed by atoms with Gasteiger partial charge in [0.1, 0.15) is 6.04 Å². The van der Waals surface area contributed by atoms with Crippen LogP contribution in [-0.2, 0) is 0 Å². The highest BCUT2D eigenvalue weighted by molar-refractivity contribution is 6.68. The van der Waals surface area contributed by atoms with Crippen LogP contribution >= 0.6 is 34.8 Å². The maximum absolute atomic E-state index is 5.94. The monoisotopic (exact) mass is 303 g/mol. The molecule has 1 aromatic rings. The number of alkyl halides is 3. The standard InChI is InChI=1S/C14H16Cl3N/c1-13(2,3)18-12(14(15,16)17)10-9-11-7-5-4-6-8-11/h4-8,12,18H,1-3H3. The molecule has 18 heavy (non-hydrogen) atoms. The molecule has 0 aliphatic heterocycles. The van der Waals surface area contributed by atoms with Gasteiger partial charge in [0.2, 0.25) is 3.79 Å². The van der Waals surface area contributed by atoms with Crippen molar-refractivity contribution in [3.05, 3.63) is 35.9 Å². The topological polar surface area (TPSA) is 12.0 Å². The van der Waals surface area contributed by atoms with E-state index in [2.05, 4.69) is 17.2 Å². The van der Waals surface area contributed by atoms with Crippen molar-refractivity contribution in [3.8, 4) is 11.8 Å². The minimum atomic E-state index is -1.46. The number of halogens is 3. The molecule has 4 heteroatoms. The molecule has 0 bridgehead atoms. The van der Waals surface area contributed by atoms with Crippen molar-refractivity contribution < 1.29 is 0 Å². The molecule has 1 aromatic carbocycles. The van der Waals surface area contributed by atoms with Crippen molar-refractivity contribution >= 4 is 34.8 Å². The van der Waals surface area contributed by atoms with Crippen LogP contribution in [0.2, 0.25) is 0 Å². The van der Waals surface area contributed by atoms with Crippen LogP contribution in [0.25, 0.3) is 0 Å². The lowest BCUT2D eigenvalue weighted by molar-refractivity contribution is 0.398. The van der Waals surface area contributed by atoms with E-state index in [4.69, 9.17) is 34.8 Å². The highest BCUT2D eigenvalue weighted by atomic mass is 35.6. The SMILES string of the molecule is CC(C)(C)NC(C#Cc1ccccc1)C(Cl)(Cl)Cl. The average molecular weight is 305 g/mol. The molecule has 98 valence electrons. The van der Waals surface area contributed by atoms with E-state index < -0.39 is 9.83 Å². The van der Waals surface area contributed by atoms with Crippen LogP contribution in [-0.4, -0.2) is 15.4 Å². The molecule has 0 saturated carbocycles. The summed E-state index contributed by atoms with van der Waals surface area (Å²) in [5.41, 5.74) is 0.715. The minimum absolute atomic E-state index is 0.181. The van der Waals surface area contributed by atoms with Gasteiger partial charge in [0, 0.05) is 11.1 Å². The fourth-order valence-corrected chi connectivity index (χ4v) is 1.64. The Bertz CT molecular complexity index is 432. The van der Waals surface area contributed by atoms with Crippen molar-refractivity contribution in [1.82, 2.24) is 5.32 Å². The fourth-order valence-electron chi connectivity index (χ4n) is 1.31. The molecule has 0 spiro atoms. The summed E-state index contributed by atoms with van der Waals surface area (Å²) in [6, 6.07) is 9.09. The molecule has 0 amide bonds. The summed E-state index contributed by atoms with van der Waals surface area (Å²) in [6.07, 6.45) is 0. The summed E-state index contributed by atoms with van der Waals surface area (Å²) in [4.78, 5) is 0. The Morgan fingerprint density at radius 2 is 1.61 bits per heavy atom. The van der Waals surface area contributed by atoms with Crippen LogP contribution in [0.15, 0.2) is 30.3 Å². The average Bonchev–Trinajstić information content (AvgIpc) is 2.22. The third-order valence-electron chi connectivity index (χ3n) is 2.04. The van der Waals surface area contributed by atoms with E-state index in [1.165, 1.54) is 0 Å². The van der Waals surface area contributed by atoms with Gasteiger partial charge in [-0.3, -0.25) is 5.32 Å². The van der Waals surface area contributed by atoms with Gasteiger partial charge in [0.05, 0.1) is 0 Å². The smallest absolute Gasteiger partial charge is 0.216 e. The van der Waals surface area contributed by atoms with Crippen LogP contribution < -0.4 is 5.32 Å². The molecule has 1 rings (SSSR count). The van der Waals surface area contributed by atoms with Crippen LogP contribution in [0.1, 0.15) is 26.3 Å². The van der Waals surface area contributed by atoms with E-state index in [-0.39, 0.29) is 5.54 Å². The first-order chi connectivity index (χ1) is 8.18. The Kier molecular flexibility index (Phi) is 5.37. The normalized spacial score (nSPS) is 13.7. The Balaban J connectivity index is 2.90. The third kappa shape index (κ3) is 5.98. The second kappa shape index (κ2) is 6.17. The predicted molar refractivity (Wildman–Crippen MR) is 80.3 cm³/mol. The largest absolute Gasteiger partial charge is 0.295 e. The lowest BCUT2D eigenvalue weighted by Crippen LogP contribution is -2.49. The highest BCUT2D eigenvalue weighted by Crippen LogP contribution is 2.31. The Labute approximate surface area is 124 Å². The third-order valence-corrected chi connectivity index (χ3v) is 2.69. The zero-order chi connectivity index (χ0) is 13.8. The van der Waals surface area contributed by atoms with Gasteiger partial charge in [-0.15, -0.1) is 0 Å². The number of hydrogen-bond acceptors (Lipinski definition) is 1. The quantitative estimate of drug-likeness (QED) is 0.606. The lowest BCUT2D eigenvalue weighted by Gasteiger charge is -2.29. The number of nitrogens with one attached hydrogen (secondary N) is 1. The second-order valence-corrected chi connectivity index (χ2v) is 7.37. The molecule has 0 fully saturated rings. The highest BCUT2D eigenvalue weighted by Gasteiger charge is 2.33. The molecule has 1 nitrogen and oxygen atoms in total. The molecule has 1 unspecified atom stereocenters. The second-order valence-electron chi connectivity index (χ2n) is 5.00. The van der Waals surface area contributed by atoms with Gasteiger partial charge in [-0.1, -0.05) is 64.8 Å². The van der Waals surface area contributed by atoms with Crippen molar-refractivity contribution in [2.45, 2.75) is 36.1 Å². The van der Waals surface area contributed by atoms with Crippen molar-refractivity contribution in [1.29, 1.82) is 0 Å². The van der Waals surface area contributed by atoms with E-state index in [1.807, 2.05) is 51.1 Å². The van der Waals surface area contributed by atoms with Crippen molar-refractivity contribution in [2.24, 2.45) is 0 Å². The van der Waals surface area contributed by atoms with Gasteiger partial charge in [0.15, 0.2) is 0 Å². The molecule has 1 N–H and O–H groups in total. The summed E-state index contributed by atoms with van der Waals surface area (Å²) < 4.78 is -1.46. The van der Waals surface area contributed by atoms with Gasteiger partial charge in [0.25, 0.3) is 0 Å². The van der Waals surface area contributed by atoms with Gasteiger partial charge in [-0.2, -0.15) is 0 Å². The lowest BCUT2D eigenvalue weighted by atomic mass is 10.1. The maximum atomic E-state index is 5.94. The van der Waals surface area contributed by atoms with Crippen LogP contribution in [0.4, 0.5) is 0 Å². The summed E-state index contributed by atoms with van der Waals surface area (Å²) in [5.74, 6) is 5.98. The van der Waals surface area contributed by atoms with Crippen LogP contribution in [0.3, 0.4) is 0 Å². The predicted octanol–water partition coefficient (Wildman–Crippen LogP) is 4.17. The molecule has 0 heterocycles. The first-order valence-electron chi connectivity index (χ1n) is 5.59. The summed E-state index contributed by atoms with van der Waals surface area (Å²) in [5, 5.41) is 3.20. The number of benzene rings is 1. The Morgan fingerprint density at radius 3 is 2.06 bits per heavy atom. The zero-order valence-electron chi connectivity index (χ0n) is 10.6. The number of hydrogen-bond donors (Lipinski definition) is 1. The molecule has 0 radical (unpaired) electrons. The van der Waals surface area contributed by atoms with E-state index in [9.17, 15) is 0 Å². The Morgan fingerprint density at radius 1 is 1.06 bits per heavy atom. The zero-order valence-corrected chi connectivity index (χ0v) is 12.9. The van der Waals surface area contributed by atoms with Crippen molar-refractivity contribution in [3.63, 3.8) is 0 Å². The molecular weight excluding hydrogens is 289 g/mol. The molecular formula is C14H16Cl3N. The van der Waals surface area contributed by atoms with Gasteiger partial charge >= 0.3 is 0 Å². The van der Waals surface area contributed by atoms with E-state index in [1.54, 1.807) is 0 Å². The minimum Gasteiger partial charge on any atom is -0.295 e. The first-order valence-corrected chi connectivity index (χ1v) is 6.73. The maximum Gasteiger partial charge on any atom is 0.216 e. The van der Waals surface area contributed by atoms with Crippen LogP contribution in [0.5, 0.6) is 0 Å². The number of rotatable bonds is 1. The van der Waals surface area contributed by atoms with E-state index in [0.717, 1.165) is 5.56 Å². The first kappa shape index (κ1) is 15.7. The molecule has 0 aliphatic rings. The summed E-state index contributed by atoms with van der Waals surface area (Å²) in [7, 11) is 0. The van der Waals surface area contributed by atoms with Crippen LogP contribution in [0, 0.1) is 11.8 Å². The molecule has 0 aromatic heterocycles. The van der Waals surface area contributed by atoms with Crippen molar-refractivity contribution in [2.75, 3.05) is 0 Å². The summed E-state index contributed by atoms with van der Waals surface area (Å²) >= 11 is 17.8. The van der Waals surface area contributed by atoms with E-state index in [0.29, 0.717) is 0 Å².